The van der Waals surface area contributed by atoms with Crippen LogP contribution < -0.4 is 11.1 Å². The number of hydrogen-bond donors (Lipinski definition) is 2. The number of hydrogen-bond acceptors (Lipinski definition) is 4. The van der Waals surface area contributed by atoms with Gasteiger partial charge in [-0.3, -0.25) is 0 Å². The normalized spacial score (nSPS) is 20.0. The highest BCUT2D eigenvalue weighted by atomic mass is 16.6. The van der Waals surface area contributed by atoms with E-state index in [0.29, 0.717) is 19.8 Å². The number of ether oxygens (including phenoxy) is 2. The molecule has 0 atom stereocenters. The predicted octanol–water partition coefficient (Wildman–Crippen LogP) is 0.629. The highest BCUT2D eigenvalue weighted by molar-refractivity contribution is 5.68. The van der Waals surface area contributed by atoms with E-state index in [4.69, 9.17) is 15.2 Å². The molecule has 0 radical (unpaired) electrons. The van der Waals surface area contributed by atoms with Crippen molar-refractivity contribution in [1.82, 2.24) is 5.32 Å². The molecule has 1 aliphatic rings. The topological polar surface area (TPSA) is 73.6 Å². The summed E-state index contributed by atoms with van der Waals surface area (Å²) in [6, 6.07) is 0. The van der Waals surface area contributed by atoms with Gasteiger partial charge in [0.2, 0.25) is 0 Å². The van der Waals surface area contributed by atoms with Gasteiger partial charge in [-0.2, -0.15) is 0 Å². The second kappa shape index (κ2) is 5.32. The van der Waals surface area contributed by atoms with E-state index in [1.165, 1.54) is 0 Å². The predicted molar refractivity (Wildman–Crippen MR) is 56.6 cm³/mol. The Hall–Kier alpha value is -0.810. The van der Waals surface area contributed by atoms with Crippen LogP contribution in [0.2, 0.25) is 0 Å². The molecule has 3 N–H and O–H groups in total. The third-order valence-electron chi connectivity index (χ3n) is 2.55. The zero-order chi connectivity index (χ0) is 11.3. The molecule has 15 heavy (non-hydrogen) atoms. The van der Waals surface area contributed by atoms with Crippen LogP contribution in [0, 0.1) is 0 Å². The molecule has 0 aliphatic carbocycles. The molecule has 0 aromatic heterocycles. The van der Waals surface area contributed by atoms with Crippen LogP contribution >= 0.6 is 0 Å². The van der Waals surface area contributed by atoms with E-state index in [0.717, 1.165) is 12.8 Å². The Morgan fingerprint density at radius 1 is 1.53 bits per heavy atom. The fourth-order valence-corrected chi connectivity index (χ4v) is 1.60. The van der Waals surface area contributed by atoms with Crippen molar-refractivity contribution in [3.8, 4) is 0 Å². The van der Waals surface area contributed by atoms with Gasteiger partial charge in [-0.05, 0) is 26.7 Å². The summed E-state index contributed by atoms with van der Waals surface area (Å²) in [7, 11) is 0. The Labute approximate surface area is 90.3 Å². The van der Waals surface area contributed by atoms with Gasteiger partial charge in [-0.25, -0.2) is 4.79 Å². The first-order valence-corrected chi connectivity index (χ1v) is 5.34. The quantitative estimate of drug-likeness (QED) is 0.725. The molecule has 0 bridgehead atoms. The van der Waals surface area contributed by atoms with Gasteiger partial charge in [0.05, 0.1) is 11.6 Å². The summed E-state index contributed by atoms with van der Waals surface area (Å²) in [5.41, 5.74) is 5.35. The molecular weight excluding hydrogens is 196 g/mol. The standard InChI is InChI=1S/C10H20N2O3/c1-8(2)15-9(13)12-10(7-11)3-5-14-6-4-10/h8H,3-7,11H2,1-2H3,(H,12,13). The largest absolute Gasteiger partial charge is 0.447 e. The van der Waals surface area contributed by atoms with Crippen molar-refractivity contribution in [2.75, 3.05) is 19.8 Å². The molecule has 1 aliphatic heterocycles. The average Bonchev–Trinajstić information content (AvgIpc) is 2.17. The summed E-state index contributed by atoms with van der Waals surface area (Å²) < 4.78 is 10.3. The second-order valence-corrected chi connectivity index (χ2v) is 4.18. The number of carbonyl (C=O) groups is 1. The van der Waals surface area contributed by atoms with Crippen molar-refractivity contribution in [2.45, 2.75) is 38.3 Å². The van der Waals surface area contributed by atoms with E-state index in [1.54, 1.807) is 0 Å². The Bertz CT molecular complexity index is 213. The molecule has 0 aromatic carbocycles. The number of nitrogens with one attached hydrogen (secondary N) is 1. The molecule has 5 nitrogen and oxygen atoms in total. The van der Waals surface area contributed by atoms with Gasteiger partial charge in [-0.1, -0.05) is 0 Å². The van der Waals surface area contributed by atoms with Crippen LogP contribution in [0.15, 0.2) is 0 Å². The molecule has 0 spiro atoms. The Morgan fingerprint density at radius 3 is 2.60 bits per heavy atom. The molecule has 0 aromatic rings. The number of amides is 1. The molecule has 88 valence electrons. The average molecular weight is 216 g/mol. The highest BCUT2D eigenvalue weighted by Gasteiger charge is 2.33. The molecule has 1 rings (SSSR count). The maximum Gasteiger partial charge on any atom is 0.407 e. The molecule has 1 amide bonds. The first-order valence-electron chi connectivity index (χ1n) is 5.34. The van der Waals surface area contributed by atoms with E-state index in [9.17, 15) is 4.79 Å². The second-order valence-electron chi connectivity index (χ2n) is 4.18. The van der Waals surface area contributed by atoms with Crippen LogP contribution in [0.3, 0.4) is 0 Å². The Kier molecular flexibility index (Phi) is 4.35. The highest BCUT2D eigenvalue weighted by Crippen LogP contribution is 2.19. The summed E-state index contributed by atoms with van der Waals surface area (Å²) in [4.78, 5) is 11.5. The van der Waals surface area contributed by atoms with Crippen LogP contribution in [-0.4, -0.2) is 37.5 Å². The van der Waals surface area contributed by atoms with E-state index in [1.807, 2.05) is 13.8 Å². The molecule has 1 saturated heterocycles. The number of alkyl carbamates (subject to hydrolysis) is 1. The fourth-order valence-electron chi connectivity index (χ4n) is 1.60. The van der Waals surface area contributed by atoms with Crippen LogP contribution in [0.1, 0.15) is 26.7 Å². The van der Waals surface area contributed by atoms with Crippen LogP contribution in [0.4, 0.5) is 4.79 Å². The minimum Gasteiger partial charge on any atom is -0.447 e. The number of rotatable bonds is 3. The summed E-state index contributed by atoms with van der Waals surface area (Å²) in [6.07, 6.45) is 0.991. The Morgan fingerprint density at radius 2 is 2.13 bits per heavy atom. The van der Waals surface area contributed by atoms with Crippen molar-refractivity contribution in [1.29, 1.82) is 0 Å². The summed E-state index contributed by atoms with van der Waals surface area (Å²) >= 11 is 0. The van der Waals surface area contributed by atoms with Gasteiger partial charge >= 0.3 is 6.09 Å². The van der Waals surface area contributed by atoms with E-state index >= 15 is 0 Å². The minimum absolute atomic E-state index is 0.111. The fraction of sp³-hybridized carbons (Fsp3) is 0.900. The Balaban J connectivity index is 2.47. The summed E-state index contributed by atoms with van der Waals surface area (Å²) in [6.45, 7) is 5.33. The summed E-state index contributed by atoms with van der Waals surface area (Å²) in [5.74, 6) is 0. The zero-order valence-electron chi connectivity index (χ0n) is 9.41. The first-order chi connectivity index (χ1) is 7.08. The first kappa shape index (κ1) is 12.3. The summed E-state index contributed by atoms with van der Waals surface area (Å²) in [5, 5.41) is 2.85. The lowest BCUT2D eigenvalue weighted by atomic mass is 9.90. The molecule has 0 saturated carbocycles. The van der Waals surface area contributed by atoms with Crippen molar-refractivity contribution in [3.63, 3.8) is 0 Å². The van der Waals surface area contributed by atoms with Crippen LogP contribution in [0.5, 0.6) is 0 Å². The van der Waals surface area contributed by atoms with E-state index in [2.05, 4.69) is 5.32 Å². The van der Waals surface area contributed by atoms with Gasteiger partial charge in [0.25, 0.3) is 0 Å². The third kappa shape index (κ3) is 3.68. The van der Waals surface area contributed by atoms with E-state index < -0.39 is 6.09 Å². The van der Waals surface area contributed by atoms with Gasteiger partial charge in [-0.15, -0.1) is 0 Å². The minimum atomic E-state index is -0.391. The van der Waals surface area contributed by atoms with Crippen LogP contribution in [-0.2, 0) is 9.47 Å². The van der Waals surface area contributed by atoms with Crippen molar-refractivity contribution in [3.05, 3.63) is 0 Å². The molecular formula is C10H20N2O3. The van der Waals surface area contributed by atoms with Crippen molar-refractivity contribution in [2.24, 2.45) is 5.73 Å². The van der Waals surface area contributed by atoms with Crippen molar-refractivity contribution < 1.29 is 14.3 Å². The SMILES string of the molecule is CC(C)OC(=O)NC1(CN)CCOCC1. The van der Waals surface area contributed by atoms with E-state index in [-0.39, 0.29) is 11.6 Å². The van der Waals surface area contributed by atoms with Gasteiger partial charge in [0.15, 0.2) is 0 Å². The molecule has 0 unspecified atom stereocenters. The molecule has 1 fully saturated rings. The molecule has 5 heteroatoms. The maximum atomic E-state index is 11.5. The monoisotopic (exact) mass is 216 g/mol. The van der Waals surface area contributed by atoms with Crippen LogP contribution in [0.25, 0.3) is 0 Å². The van der Waals surface area contributed by atoms with Crippen molar-refractivity contribution >= 4 is 6.09 Å². The maximum absolute atomic E-state index is 11.5. The third-order valence-corrected chi connectivity index (χ3v) is 2.55. The number of nitrogens with two attached hydrogens (primary N) is 1. The van der Waals surface area contributed by atoms with Gasteiger partial charge in [0, 0.05) is 19.8 Å². The number of carbonyl (C=O) groups excluding carboxylic acids is 1. The van der Waals surface area contributed by atoms with Gasteiger partial charge < -0.3 is 20.5 Å². The lowest BCUT2D eigenvalue weighted by Crippen LogP contribution is -2.57. The zero-order valence-corrected chi connectivity index (χ0v) is 9.41. The molecule has 1 heterocycles. The lowest BCUT2D eigenvalue weighted by molar-refractivity contribution is 0.0350. The lowest BCUT2D eigenvalue weighted by Gasteiger charge is -2.36. The smallest absolute Gasteiger partial charge is 0.407 e. The van der Waals surface area contributed by atoms with Gasteiger partial charge in [0.1, 0.15) is 0 Å².